The highest BCUT2D eigenvalue weighted by Crippen LogP contribution is 2.49. The molecule has 3 fully saturated rings. The first-order valence-electron chi connectivity index (χ1n) is 7.50. The number of nitrogens with zero attached hydrogens (tertiary/aromatic N) is 1. The molecule has 2 heteroatoms. The Kier molecular flexibility index (Phi) is 3.14. The van der Waals surface area contributed by atoms with Crippen molar-refractivity contribution in [2.75, 3.05) is 13.1 Å². The molecule has 0 N–H and O–H groups in total. The maximum atomic E-state index is 12.3. The summed E-state index contributed by atoms with van der Waals surface area (Å²) < 4.78 is 0. The number of carbonyl (C=O) groups is 1. The van der Waals surface area contributed by atoms with Gasteiger partial charge in [0.2, 0.25) is 5.91 Å². The van der Waals surface area contributed by atoms with Crippen LogP contribution in [0.2, 0.25) is 0 Å². The molecule has 3 rings (SSSR count). The molecule has 1 amide bonds. The monoisotopic (exact) mass is 235 g/mol. The first-order chi connectivity index (χ1) is 8.22. The van der Waals surface area contributed by atoms with Crippen molar-refractivity contribution in [3.63, 3.8) is 0 Å². The average molecular weight is 235 g/mol. The molecule has 2 bridgehead atoms. The van der Waals surface area contributed by atoms with Gasteiger partial charge < -0.3 is 4.90 Å². The van der Waals surface area contributed by atoms with Crippen LogP contribution in [0.1, 0.15) is 51.9 Å². The van der Waals surface area contributed by atoms with Gasteiger partial charge in [-0.2, -0.15) is 0 Å². The Hall–Kier alpha value is -0.530. The van der Waals surface area contributed by atoms with Gasteiger partial charge in [0.1, 0.15) is 0 Å². The Bertz CT molecular complexity index is 301. The molecule has 2 nitrogen and oxygen atoms in total. The van der Waals surface area contributed by atoms with Crippen LogP contribution in [0, 0.1) is 23.7 Å². The molecule has 2 aliphatic carbocycles. The van der Waals surface area contributed by atoms with E-state index >= 15 is 0 Å². The largest absolute Gasteiger partial charge is 0.342 e. The van der Waals surface area contributed by atoms with E-state index in [1.54, 1.807) is 0 Å². The van der Waals surface area contributed by atoms with Gasteiger partial charge in [-0.05, 0) is 55.8 Å². The Morgan fingerprint density at radius 1 is 1.24 bits per heavy atom. The van der Waals surface area contributed by atoms with Crippen LogP contribution in [0.5, 0.6) is 0 Å². The lowest BCUT2D eigenvalue weighted by atomic mass is 9.86. The molecule has 0 unspecified atom stereocenters. The maximum absolute atomic E-state index is 12.3. The molecule has 0 radical (unpaired) electrons. The minimum atomic E-state index is 0.453. The van der Waals surface area contributed by atoms with Gasteiger partial charge >= 0.3 is 0 Å². The third-order valence-electron chi connectivity index (χ3n) is 5.33. The molecule has 1 heterocycles. The number of piperidine rings is 1. The zero-order chi connectivity index (χ0) is 11.8. The van der Waals surface area contributed by atoms with E-state index in [0.717, 1.165) is 37.3 Å². The van der Waals surface area contributed by atoms with Crippen LogP contribution >= 0.6 is 0 Å². The van der Waals surface area contributed by atoms with Crippen LogP contribution in [0.25, 0.3) is 0 Å². The van der Waals surface area contributed by atoms with Gasteiger partial charge in [-0.3, -0.25) is 4.79 Å². The van der Waals surface area contributed by atoms with E-state index in [9.17, 15) is 4.79 Å². The van der Waals surface area contributed by atoms with Gasteiger partial charge in [-0.25, -0.2) is 0 Å². The fraction of sp³-hybridized carbons (Fsp3) is 0.933. The lowest BCUT2D eigenvalue weighted by Gasteiger charge is -2.32. The molecule has 96 valence electrons. The topological polar surface area (TPSA) is 20.3 Å². The van der Waals surface area contributed by atoms with Gasteiger partial charge in [0.05, 0.1) is 0 Å². The third-order valence-corrected chi connectivity index (χ3v) is 5.33. The molecular formula is C15H25NO. The average Bonchev–Trinajstić information content (AvgIpc) is 2.91. The first-order valence-corrected chi connectivity index (χ1v) is 7.50. The van der Waals surface area contributed by atoms with Crippen molar-refractivity contribution in [1.29, 1.82) is 0 Å². The highest BCUT2D eigenvalue weighted by Gasteiger charge is 2.40. The van der Waals surface area contributed by atoms with Crippen molar-refractivity contribution < 1.29 is 4.79 Å². The molecule has 1 saturated heterocycles. The van der Waals surface area contributed by atoms with Crippen molar-refractivity contribution >= 4 is 5.91 Å². The molecule has 4 atom stereocenters. The number of rotatable bonds is 2. The Labute approximate surface area is 105 Å². The summed E-state index contributed by atoms with van der Waals surface area (Å²) in [6.45, 7) is 4.31. The number of hydrogen-bond acceptors (Lipinski definition) is 1. The predicted octanol–water partition coefficient (Wildman–Crippen LogP) is 3.07. The molecule has 0 aromatic rings. The van der Waals surface area contributed by atoms with Crippen LogP contribution in [0.4, 0.5) is 0 Å². The normalized spacial score (nSPS) is 40.9. The summed E-state index contributed by atoms with van der Waals surface area (Å²) in [7, 11) is 0. The van der Waals surface area contributed by atoms with Crippen LogP contribution in [-0.2, 0) is 4.79 Å². The molecule has 3 aliphatic rings. The quantitative estimate of drug-likeness (QED) is 0.720. The standard InChI is InChI=1S/C15H25NO/c1-11-3-2-6-16(10-11)15(17)9-14-8-12-4-5-13(14)7-12/h11-14H,2-10H2,1H3/t11-,12+,13+,14+/m1/s1. The second-order valence-electron chi connectivity index (χ2n) is 6.73. The predicted molar refractivity (Wildman–Crippen MR) is 68.5 cm³/mol. The van der Waals surface area contributed by atoms with Crippen LogP contribution in [0.3, 0.4) is 0 Å². The zero-order valence-corrected chi connectivity index (χ0v) is 11.0. The Morgan fingerprint density at radius 2 is 2.12 bits per heavy atom. The van der Waals surface area contributed by atoms with Crippen LogP contribution in [-0.4, -0.2) is 23.9 Å². The fourth-order valence-electron chi connectivity index (χ4n) is 4.40. The van der Waals surface area contributed by atoms with Crippen molar-refractivity contribution in [1.82, 2.24) is 4.90 Å². The van der Waals surface area contributed by atoms with Gasteiger partial charge in [-0.1, -0.05) is 13.3 Å². The Balaban J connectivity index is 1.53. The number of hydrogen-bond donors (Lipinski definition) is 0. The lowest BCUT2D eigenvalue weighted by molar-refractivity contribution is -0.134. The van der Waals surface area contributed by atoms with E-state index in [2.05, 4.69) is 11.8 Å². The van der Waals surface area contributed by atoms with E-state index in [1.165, 1.54) is 38.5 Å². The molecule has 17 heavy (non-hydrogen) atoms. The Morgan fingerprint density at radius 3 is 2.76 bits per heavy atom. The van der Waals surface area contributed by atoms with E-state index < -0.39 is 0 Å². The second kappa shape index (κ2) is 4.62. The smallest absolute Gasteiger partial charge is 0.222 e. The van der Waals surface area contributed by atoms with Crippen LogP contribution < -0.4 is 0 Å². The van der Waals surface area contributed by atoms with Gasteiger partial charge in [0.15, 0.2) is 0 Å². The molecule has 0 aromatic carbocycles. The summed E-state index contributed by atoms with van der Waals surface area (Å²) in [5.41, 5.74) is 0. The van der Waals surface area contributed by atoms with Gasteiger partial charge in [-0.15, -0.1) is 0 Å². The van der Waals surface area contributed by atoms with E-state index in [4.69, 9.17) is 0 Å². The fourth-order valence-corrected chi connectivity index (χ4v) is 4.40. The maximum Gasteiger partial charge on any atom is 0.222 e. The number of likely N-dealkylation sites (tertiary alicyclic amines) is 1. The molecule has 1 aliphatic heterocycles. The van der Waals surface area contributed by atoms with E-state index in [0.29, 0.717) is 11.8 Å². The van der Waals surface area contributed by atoms with Crippen molar-refractivity contribution in [2.45, 2.75) is 51.9 Å². The number of fused-ring (bicyclic) bond motifs is 2. The zero-order valence-electron chi connectivity index (χ0n) is 11.0. The van der Waals surface area contributed by atoms with Gasteiger partial charge in [0, 0.05) is 19.5 Å². The number of amides is 1. The minimum Gasteiger partial charge on any atom is -0.342 e. The lowest BCUT2D eigenvalue weighted by Crippen LogP contribution is -2.40. The van der Waals surface area contributed by atoms with Crippen molar-refractivity contribution in [3.8, 4) is 0 Å². The van der Waals surface area contributed by atoms with Gasteiger partial charge in [0.25, 0.3) is 0 Å². The summed E-state index contributed by atoms with van der Waals surface area (Å²) in [4.78, 5) is 14.4. The summed E-state index contributed by atoms with van der Waals surface area (Å²) in [5, 5.41) is 0. The molecule has 2 saturated carbocycles. The molecule has 0 aromatic heterocycles. The van der Waals surface area contributed by atoms with Crippen molar-refractivity contribution in [3.05, 3.63) is 0 Å². The summed E-state index contributed by atoms with van der Waals surface area (Å²) >= 11 is 0. The third kappa shape index (κ3) is 2.36. The summed E-state index contributed by atoms with van der Waals surface area (Å²) in [6, 6.07) is 0. The summed E-state index contributed by atoms with van der Waals surface area (Å²) in [5.74, 6) is 3.77. The first kappa shape index (κ1) is 11.6. The van der Waals surface area contributed by atoms with E-state index in [-0.39, 0.29) is 0 Å². The highest BCUT2D eigenvalue weighted by atomic mass is 16.2. The minimum absolute atomic E-state index is 0.453. The SMILES string of the molecule is C[C@@H]1CCCN(C(=O)C[C@@H]2C[C@H]3CC[C@H]2C3)C1. The van der Waals surface area contributed by atoms with E-state index in [1.807, 2.05) is 0 Å². The van der Waals surface area contributed by atoms with Crippen LogP contribution in [0.15, 0.2) is 0 Å². The number of carbonyl (C=O) groups excluding carboxylic acids is 1. The van der Waals surface area contributed by atoms with Crippen molar-refractivity contribution in [2.24, 2.45) is 23.7 Å². The second-order valence-corrected chi connectivity index (χ2v) is 6.73. The highest BCUT2D eigenvalue weighted by molar-refractivity contribution is 5.76. The summed E-state index contributed by atoms with van der Waals surface area (Å²) in [6.07, 6.45) is 8.98. The molecule has 0 spiro atoms. The molecular weight excluding hydrogens is 210 g/mol.